The highest BCUT2D eigenvalue weighted by molar-refractivity contribution is 6.15. The number of fused-ring (bicyclic) bond motifs is 9. The molecule has 252 valence electrons. The monoisotopic (exact) mass is 679 g/mol. The fourth-order valence-corrected chi connectivity index (χ4v) is 9.18. The fraction of sp³-hybridized carbons (Fsp3) is 0.0800. The van der Waals surface area contributed by atoms with Gasteiger partial charge in [-0.1, -0.05) is 116 Å². The average molecular weight is 680 g/mol. The minimum absolute atomic E-state index is 0.357. The Morgan fingerprint density at radius 1 is 0.453 bits per heavy atom. The maximum Gasteiger partial charge on any atom is 0.0548 e. The third kappa shape index (κ3) is 4.47. The van der Waals surface area contributed by atoms with Crippen LogP contribution >= 0.6 is 0 Å². The number of aromatic nitrogens is 3. The number of para-hydroxylation sites is 4. The lowest BCUT2D eigenvalue weighted by molar-refractivity contribution is 0.757. The van der Waals surface area contributed by atoms with E-state index in [1.54, 1.807) is 0 Å². The summed E-state index contributed by atoms with van der Waals surface area (Å²) in [7, 11) is 0. The Kier molecular flexibility index (Phi) is 6.66. The lowest BCUT2D eigenvalue weighted by atomic mass is 9.86. The predicted octanol–water partition coefficient (Wildman–Crippen LogP) is 13.2. The number of benzene rings is 6. The molecule has 3 nitrogen and oxygen atoms in total. The van der Waals surface area contributed by atoms with Crippen molar-refractivity contribution in [2.75, 3.05) is 0 Å². The van der Waals surface area contributed by atoms with Crippen LogP contribution in [-0.4, -0.2) is 13.7 Å². The van der Waals surface area contributed by atoms with Crippen LogP contribution in [0.4, 0.5) is 0 Å². The van der Waals surface area contributed by atoms with Gasteiger partial charge in [-0.05, 0) is 96.6 Å². The second-order valence-corrected chi connectivity index (χ2v) is 14.5. The van der Waals surface area contributed by atoms with Crippen LogP contribution in [0, 0.1) is 5.92 Å². The van der Waals surface area contributed by atoms with Gasteiger partial charge in [-0.25, -0.2) is 0 Å². The zero-order valence-electron chi connectivity index (χ0n) is 29.6. The number of hydrogen-bond acceptors (Lipinski definition) is 0. The van der Waals surface area contributed by atoms with Crippen molar-refractivity contribution in [1.29, 1.82) is 0 Å². The van der Waals surface area contributed by atoms with E-state index in [1.165, 1.54) is 94.0 Å². The molecule has 6 aromatic carbocycles. The first-order chi connectivity index (χ1) is 26.2. The second kappa shape index (κ2) is 11.7. The maximum atomic E-state index is 2.50. The summed E-state index contributed by atoms with van der Waals surface area (Å²) < 4.78 is 7.41. The summed E-state index contributed by atoms with van der Waals surface area (Å²) in [5, 5.41) is 6.37. The fourth-order valence-electron chi connectivity index (χ4n) is 9.18. The largest absolute Gasteiger partial charge is 0.309 e. The Hall–Kier alpha value is -6.58. The quantitative estimate of drug-likeness (QED) is 0.176. The third-order valence-corrected chi connectivity index (χ3v) is 11.5. The predicted molar refractivity (Wildman–Crippen MR) is 226 cm³/mol. The van der Waals surface area contributed by atoms with Crippen LogP contribution < -0.4 is 0 Å². The molecule has 0 saturated heterocycles. The van der Waals surface area contributed by atoms with Crippen molar-refractivity contribution >= 4 is 77.9 Å². The Morgan fingerprint density at radius 3 is 1.81 bits per heavy atom. The summed E-state index contributed by atoms with van der Waals surface area (Å²) in [4.78, 5) is 0. The van der Waals surface area contributed by atoms with Gasteiger partial charge in [-0.2, -0.15) is 0 Å². The first-order valence-corrected chi connectivity index (χ1v) is 18.7. The summed E-state index contributed by atoms with van der Waals surface area (Å²) in [6.07, 6.45) is 15.9. The molecule has 3 aromatic heterocycles. The molecule has 0 spiro atoms. The Balaban J connectivity index is 1.18. The van der Waals surface area contributed by atoms with Crippen molar-refractivity contribution in [2.45, 2.75) is 19.8 Å². The van der Waals surface area contributed by atoms with Crippen molar-refractivity contribution in [1.82, 2.24) is 13.7 Å². The molecule has 0 fully saturated rings. The maximum absolute atomic E-state index is 2.50. The molecule has 1 unspecified atom stereocenters. The Morgan fingerprint density at radius 2 is 1.06 bits per heavy atom. The summed E-state index contributed by atoms with van der Waals surface area (Å²) in [5.41, 5.74) is 14.9. The topological polar surface area (TPSA) is 14.8 Å². The average Bonchev–Trinajstić information content (AvgIpc) is 3.74. The summed E-state index contributed by atoms with van der Waals surface area (Å²) >= 11 is 0. The third-order valence-electron chi connectivity index (χ3n) is 11.5. The van der Waals surface area contributed by atoms with E-state index in [1.807, 2.05) is 0 Å². The van der Waals surface area contributed by atoms with E-state index in [-0.39, 0.29) is 0 Å². The lowest BCUT2D eigenvalue weighted by Gasteiger charge is -2.25. The van der Waals surface area contributed by atoms with E-state index in [9.17, 15) is 0 Å². The van der Waals surface area contributed by atoms with E-state index in [2.05, 4.69) is 197 Å². The van der Waals surface area contributed by atoms with Gasteiger partial charge >= 0.3 is 0 Å². The smallest absolute Gasteiger partial charge is 0.0548 e. The molecule has 0 amide bonds. The van der Waals surface area contributed by atoms with Crippen molar-refractivity contribution in [3.63, 3.8) is 0 Å². The van der Waals surface area contributed by atoms with E-state index in [0.717, 1.165) is 12.8 Å². The van der Waals surface area contributed by atoms with Gasteiger partial charge in [0.15, 0.2) is 0 Å². The van der Waals surface area contributed by atoms with Gasteiger partial charge in [0, 0.05) is 49.6 Å². The number of hydrogen-bond donors (Lipinski definition) is 0. The summed E-state index contributed by atoms with van der Waals surface area (Å²) in [6, 6.07) is 51.4. The van der Waals surface area contributed by atoms with Crippen molar-refractivity contribution in [3.8, 4) is 11.4 Å². The highest BCUT2D eigenvalue weighted by Gasteiger charge is 2.24. The lowest BCUT2D eigenvalue weighted by Crippen LogP contribution is -2.09. The van der Waals surface area contributed by atoms with E-state index < -0.39 is 0 Å². The van der Waals surface area contributed by atoms with E-state index >= 15 is 0 Å². The van der Waals surface area contributed by atoms with E-state index in [0.29, 0.717) is 5.92 Å². The molecule has 3 heteroatoms. The summed E-state index contributed by atoms with van der Waals surface area (Å²) in [5.74, 6) is 0.357. The van der Waals surface area contributed by atoms with Crippen LogP contribution in [0.5, 0.6) is 0 Å². The van der Waals surface area contributed by atoms with Gasteiger partial charge in [0.1, 0.15) is 0 Å². The molecule has 0 saturated carbocycles. The van der Waals surface area contributed by atoms with Crippen molar-refractivity contribution < 1.29 is 0 Å². The van der Waals surface area contributed by atoms with Gasteiger partial charge in [0.05, 0.1) is 33.3 Å². The van der Waals surface area contributed by atoms with Crippen molar-refractivity contribution in [3.05, 3.63) is 181 Å². The molecule has 0 aliphatic heterocycles. The molecule has 2 aliphatic carbocycles. The second-order valence-electron chi connectivity index (χ2n) is 14.5. The van der Waals surface area contributed by atoms with Crippen molar-refractivity contribution in [2.24, 2.45) is 5.92 Å². The standard InChI is InChI=1S/C50H37N3/c1-33-16-14-29-47(53-45-27-12-8-22-37(45)38-23-9-13-28-46(38)53)50(33)34-17-15-20-36(30-34)52-44-25-7-3-6-21-39(44)42-31-48-41(32-49(42)52)40-24-10-11-26-43(40)51(48)35-18-4-2-5-19-35/h2,4-15,17-33H,3,16H2,1H3. The van der Waals surface area contributed by atoms with Gasteiger partial charge < -0.3 is 13.7 Å². The van der Waals surface area contributed by atoms with Crippen LogP contribution in [0.2, 0.25) is 0 Å². The van der Waals surface area contributed by atoms with E-state index in [4.69, 9.17) is 0 Å². The molecule has 0 bridgehead atoms. The van der Waals surface area contributed by atoms with Crippen LogP contribution in [0.1, 0.15) is 36.6 Å². The molecule has 1 atom stereocenters. The highest BCUT2D eigenvalue weighted by atomic mass is 15.0. The molecule has 3 heterocycles. The Bertz CT molecular complexity index is 3010. The first-order valence-electron chi connectivity index (χ1n) is 18.7. The number of allylic oxidation sites excluding steroid dienone is 6. The Labute approximate surface area is 308 Å². The molecule has 53 heavy (non-hydrogen) atoms. The highest BCUT2D eigenvalue weighted by Crippen LogP contribution is 2.43. The number of rotatable bonds is 4. The van der Waals surface area contributed by atoms with Gasteiger partial charge in [-0.15, -0.1) is 0 Å². The molecule has 9 aromatic rings. The molecule has 11 rings (SSSR count). The molecule has 2 aliphatic rings. The minimum atomic E-state index is 0.357. The molecule has 0 radical (unpaired) electrons. The van der Waals surface area contributed by atoms with Crippen LogP contribution in [-0.2, 0) is 0 Å². The number of nitrogens with zero attached hydrogens (tertiary/aromatic N) is 3. The van der Waals surface area contributed by atoms with Gasteiger partial charge in [-0.3, -0.25) is 0 Å². The minimum Gasteiger partial charge on any atom is -0.309 e. The van der Waals surface area contributed by atoms with Crippen LogP contribution in [0.25, 0.3) is 89.3 Å². The zero-order chi connectivity index (χ0) is 35.0. The molecular formula is C50H37N3. The normalized spacial score (nSPS) is 15.8. The van der Waals surface area contributed by atoms with Gasteiger partial charge in [0.25, 0.3) is 0 Å². The van der Waals surface area contributed by atoms with Crippen LogP contribution in [0.15, 0.2) is 164 Å². The van der Waals surface area contributed by atoms with Crippen LogP contribution in [0.3, 0.4) is 0 Å². The first kappa shape index (κ1) is 30.1. The zero-order valence-corrected chi connectivity index (χ0v) is 29.6. The molecule has 0 N–H and O–H groups in total. The SMILES string of the molecule is CC1CC=CC(n2c3ccccc3c3ccccc32)=C1c1cccc(-n2c3c(c4cc5c(cc42)c2ccccc2n5-c2ccccc2)C=CCC=C3)c1. The summed E-state index contributed by atoms with van der Waals surface area (Å²) in [6.45, 7) is 2.38. The van der Waals surface area contributed by atoms with Gasteiger partial charge in [0.2, 0.25) is 0 Å². The molecular weight excluding hydrogens is 643 g/mol.